The van der Waals surface area contributed by atoms with Gasteiger partial charge in [-0.05, 0) is 0 Å². The number of nitrogens with two attached hydrogens (primary N) is 1. The van der Waals surface area contributed by atoms with Gasteiger partial charge in [0.1, 0.15) is 24.3 Å². The molecule has 0 spiro atoms. The monoisotopic (exact) mass is 328 g/mol. The van der Waals surface area contributed by atoms with Crippen molar-refractivity contribution in [2.24, 2.45) is 5.73 Å². The van der Waals surface area contributed by atoms with Crippen molar-refractivity contribution in [3.05, 3.63) is 35.2 Å². The van der Waals surface area contributed by atoms with Gasteiger partial charge in [0.05, 0.1) is 13.1 Å². The van der Waals surface area contributed by atoms with Gasteiger partial charge in [0.2, 0.25) is 11.8 Å². The Kier molecular flexibility index (Phi) is 5.17. The van der Waals surface area contributed by atoms with Crippen LogP contribution in [-0.4, -0.2) is 34.4 Å². The topological polar surface area (TPSA) is 108 Å². The van der Waals surface area contributed by atoms with Crippen molar-refractivity contribution in [2.45, 2.75) is 26.1 Å². The van der Waals surface area contributed by atoms with E-state index in [9.17, 15) is 4.79 Å². The largest absolute Gasteiger partial charge is 0.447 e. The van der Waals surface area contributed by atoms with Gasteiger partial charge in [0.25, 0.3) is 5.91 Å². The van der Waals surface area contributed by atoms with E-state index < -0.39 is 0 Å². The van der Waals surface area contributed by atoms with E-state index in [1.54, 1.807) is 12.0 Å². The highest BCUT2D eigenvalue weighted by Crippen LogP contribution is 2.21. The second-order valence-corrected chi connectivity index (χ2v) is 4.72. The van der Waals surface area contributed by atoms with Crippen molar-refractivity contribution in [1.29, 1.82) is 0 Å². The highest BCUT2D eigenvalue weighted by atomic mass is 35.5. The van der Waals surface area contributed by atoms with Crippen LogP contribution in [-0.2, 0) is 30.9 Å². The molecule has 2 N–H and O–H groups in total. The summed E-state index contributed by atoms with van der Waals surface area (Å²) < 4.78 is 15.7. The number of carbonyl (C=O) groups excluding carboxylic acids is 1. The van der Waals surface area contributed by atoms with Gasteiger partial charge in [-0.1, -0.05) is 0 Å². The van der Waals surface area contributed by atoms with Gasteiger partial charge in [-0.15, -0.1) is 12.4 Å². The fourth-order valence-electron chi connectivity index (χ4n) is 2.28. The second-order valence-electron chi connectivity index (χ2n) is 4.72. The minimum atomic E-state index is -0.194. The summed E-state index contributed by atoms with van der Waals surface area (Å²) in [5.74, 6) is 1.50. The molecule has 0 bridgehead atoms. The average molecular weight is 329 g/mol. The first kappa shape index (κ1) is 16.5. The molecule has 0 aromatic carbocycles. The van der Waals surface area contributed by atoms with Crippen LogP contribution >= 0.6 is 12.4 Å². The number of carbonyl (C=O) groups is 1. The SMILES string of the molecule is COCc1nc2c(o1)CCN(C(=O)c1coc(CN)n1)C2.Cl. The van der Waals surface area contributed by atoms with Gasteiger partial charge in [-0.2, -0.15) is 0 Å². The summed E-state index contributed by atoms with van der Waals surface area (Å²) >= 11 is 0. The predicted octanol–water partition coefficient (Wildman–Crippen LogP) is 0.888. The Labute approximate surface area is 133 Å². The number of halogens is 1. The lowest BCUT2D eigenvalue weighted by atomic mass is 10.1. The summed E-state index contributed by atoms with van der Waals surface area (Å²) in [5, 5.41) is 0. The summed E-state index contributed by atoms with van der Waals surface area (Å²) in [4.78, 5) is 22.4. The normalized spacial score (nSPS) is 13.6. The van der Waals surface area contributed by atoms with E-state index in [0.29, 0.717) is 37.9 Å². The van der Waals surface area contributed by atoms with Gasteiger partial charge in [-0.3, -0.25) is 4.79 Å². The van der Waals surface area contributed by atoms with Crippen LogP contribution in [0.5, 0.6) is 0 Å². The number of rotatable bonds is 4. The predicted molar refractivity (Wildman–Crippen MR) is 77.3 cm³/mol. The molecule has 0 fully saturated rings. The Balaban J connectivity index is 0.00000176. The minimum absolute atomic E-state index is 0. The van der Waals surface area contributed by atoms with E-state index in [1.807, 2.05) is 0 Å². The Bertz CT molecular complexity index is 654. The minimum Gasteiger partial charge on any atom is -0.447 e. The fourth-order valence-corrected chi connectivity index (χ4v) is 2.28. The van der Waals surface area contributed by atoms with Crippen molar-refractivity contribution >= 4 is 18.3 Å². The van der Waals surface area contributed by atoms with Crippen LogP contribution in [0.15, 0.2) is 15.1 Å². The van der Waals surface area contributed by atoms with Crippen LogP contribution in [0.3, 0.4) is 0 Å². The van der Waals surface area contributed by atoms with Gasteiger partial charge in [0.15, 0.2) is 5.69 Å². The van der Waals surface area contributed by atoms with Crippen molar-refractivity contribution < 1.29 is 18.4 Å². The van der Waals surface area contributed by atoms with Gasteiger partial charge in [-0.25, -0.2) is 9.97 Å². The zero-order chi connectivity index (χ0) is 14.8. The average Bonchev–Trinajstić information content (AvgIpc) is 3.12. The lowest BCUT2D eigenvalue weighted by molar-refractivity contribution is 0.0721. The first-order valence-corrected chi connectivity index (χ1v) is 6.61. The molecule has 0 unspecified atom stereocenters. The summed E-state index contributed by atoms with van der Waals surface area (Å²) in [6.45, 7) is 1.44. The number of ether oxygens (including phenoxy) is 1. The number of oxazole rings is 2. The Hall–Kier alpha value is -1.90. The fraction of sp³-hybridized carbons (Fsp3) is 0.462. The quantitative estimate of drug-likeness (QED) is 0.887. The molecule has 120 valence electrons. The number of methoxy groups -OCH3 is 1. The molecule has 2 aromatic heterocycles. The molecule has 22 heavy (non-hydrogen) atoms. The molecule has 0 aliphatic carbocycles. The summed E-state index contributed by atoms with van der Waals surface area (Å²) in [6.07, 6.45) is 1.96. The standard InChI is InChI=1S/C13H16N4O4.ClH/c1-19-7-12-15-8-5-17(3-2-10(8)21-12)13(18)9-6-20-11(4-14)16-9;/h6H,2-5,7,14H2,1H3;1H. The van der Waals surface area contributed by atoms with Gasteiger partial charge >= 0.3 is 0 Å². The Morgan fingerprint density at radius 3 is 2.95 bits per heavy atom. The zero-order valence-electron chi connectivity index (χ0n) is 12.1. The molecule has 2 aromatic rings. The third kappa shape index (κ3) is 3.13. The Morgan fingerprint density at radius 1 is 1.45 bits per heavy atom. The van der Waals surface area contributed by atoms with E-state index in [0.717, 1.165) is 11.5 Å². The lowest BCUT2D eigenvalue weighted by Crippen LogP contribution is -2.36. The molecule has 3 rings (SSSR count). The van der Waals surface area contributed by atoms with Crippen molar-refractivity contribution in [3.63, 3.8) is 0 Å². The van der Waals surface area contributed by atoms with Crippen molar-refractivity contribution in [1.82, 2.24) is 14.9 Å². The van der Waals surface area contributed by atoms with E-state index >= 15 is 0 Å². The van der Waals surface area contributed by atoms with E-state index in [1.165, 1.54) is 6.26 Å². The molecular formula is C13H17ClN4O4. The Morgan fingerprint density at radius 2 is 2.27 bits per heavy atom. The summed E-state index contributed by atoms with van der Waals surface area (Å²) in [6, 6.07) is 0. The van der Waals surface area contributed by atoms with Crippen molar-refractivity contribution in [3.8, 4) is 0 Å². The van der Waals surface area contributed by atoms with Crippen LogP contribution in [0, 0.1) is 0 Å². The lowest BCUT2D eigenvalue weighted by Gasteiger charge is -2.24. The van der Waals surface area contributed by atoms with Gasteiger partial charge < -0.3 is 24.2 Å². The third-order valence-electron chi connectivity index (χ3n) is 3.27. The molecule has 0 radical (unpaired) electrons. The number of hydrogen-bond donors (Lipinski definition) is 1. The number of fused-ring (bicyclic) bond motifs is 1. The highest BCUT2D eigenvalue weighted by Gasteiger charge is 2.27. The van der Waals surface area contributed by atoms with Crippen LogP contribution in [0.2, 0.25) is 0 Å². The molecular weight excluding hydrogens is 312 g/mol. The van der Waals surface area contributed by atoms with Gasteiger partial charge in [0, 0.05) is 20.1 Å². The van der Waals surface area contributed by atoms with Crippen LogP contribution in [0.4, 0.5) is 0 Å². The molecule has 1 amide bonds. The maximum absolute atomic E-state index is 12.4. The smallest absolute Gasteiger partial charge is 0.276 e. The second kappa shape index (κ2) is 6.91. The maximum Gasteiger partial charge on any atom is 0.276 e. The maximum atomic E-state index is 12.4. The summed E-state index contributed by atoms with van der Waals surface area (Å²) in [7, 11) is 1.58. The third-order valence-corrected chi connectivity index (χ3v) is 3.27. The molecule has 1 aliphatic heterocycles. The van der Waals surface area contributed by atoms with Crippen molar-refractivity contribution in [2.75, 3.05) is 13.7 Å². The number of hydrogen-bond acceptors (Lipinski definition) is 7. The molecule has 1 aliphatic rings. The molecule has 9 heteroatoms. The van der Waals surface area contributed by atoms with E-state index in [4.69, 9.17) is 19.3 Å². The summed E-state index contributed by atoms with van der Waals surface area (Å²) in [5.41, 5.74) is 6.45. The molecule has 3 heterocycles. The first-order valence-electron chi connectivity index (χ1n) is 6.61. The first-order chi connectivity index (χ1) is 10.2. The van der Waals surface area contributed by atoms with E-state index in [-0.39, 0.29) is 30.6 Å². The highest BCUT2D eigenvalue weighted by molar-refractivity contribution is 5.92. The molecule has 0 atom stereocenters. The van der Waals surface area contributed by atoms with E-state index in [2.05, 4.69) is 9.97 Å². The zero-order valence-corrected chi connectivity index (χ0v) is 12.9. The number of aromatic nitrogens is 2. The number of amides is 1. The van der Waals surface area contributed by atoms with Crippen LogP contribution in [0.1, 0.15) is 33.7 Å². The number of nitrogens with zero attached hydrogens (tertiary/aromatic N) is 3. The molecule has 8 nitrogen and oxygen atoms in total. The molecule has 0 saturated carbocycles. The van der Waals surface area contributed by atoms with Crippen LogP contribution < -0.4 is 5.73 Å². The molecule has 0 saturated heterocycles. The van der Waals surface area contributed by atoms with Crippen LogP contribution in [0.25, 0.3) is 0 Å².